The van der Waals surface area contributed by atoms with Gasteiger partial charge >= 0.3 is 5.97 Å². The van der Waals surface area contributed by atoms with Gasteiger partial charge in [0.2, 0.25) is 0 Å². The number of hydrogen-bond acceptors (Lipinski definition) is 4. The molecule has 1 heterocycles. The van der Waals surface area contributed by atoms with E-state index in [9.17, 15) is 4.79 Å². The summed E-state index contributed by atoms with van der Waals surface area (Å²) >= 11 is 0. The predicted molar refractivity (Wildman–Crippen MR) is 41.0 cm³/mol. The minimum Gasteiger partial charge on any atom is -0.469 e. The second-order valence-electron chi connectivity index (χ2n) is 2.73. The summed E-state index contributed by atoms with van der Waals surface area (Å²) in [5, 5.41) is 6.29. The summed E-state index contributed by atoms with van der Waals surface area (Å²) in [5.41, 5.74) is 0. The molecule has 11 heavy (non-hydrogen) atoms. The van der Waals surface area contributed by atoms with E-state index < -0.39 is 0 Å². The molecule has 2 N–H and O–H groups in total. The number of rotatable bonds is 2. The maximum Gasteiger partial charge on any atom is 0.305 e. The van der Waals surface area contributed by atoms with Gasteiger partial charge in [0.1, 0.15) is 0 Å². The monoisotopic (exact) mass is 158 g/mol. The zero-order chi connectivity index (χ0) is 8.10. The molecule has 0 saturated carbocycles. The van der Waals surface area contributed by atoms with Crippen molar-refractivity contribution in [3.8, 4) is 0 Å². The van der Waals surface area contributed by atoms with Crippen LogP contribution in [0.1, 0.15) is 6.42 Å². The van der Waals surface area contributed by atoms with E-state index in [4.69, 9.17) is 0 Å². The van der Waals surface area contributed by atoms with Crippen LogP contribution in [0.4, 0.5) is 0 Å². The van der Waals surface area contributed by atoms with Gasteiger partial charge in [0.05, 0.1) is 13.5 Å². The highest BCUT2D eigenvalue weighted by molar-refractivity contribution is 5.69. The minimum absolute atomic E-state index is 0.125. The maximum absolute atomic E-state index is 10.8. The Kier molecular flexibility index (Phi) is 3.32. The highest BCUT2D eigenvalue weighted by Crippen LogP contribution is 2.03. The molecular weight excluding hydrogens is 144 g/mol. The zero-order valence-electron chi connectivity index (χ0n) is 6.72. The molecule has 0 aromatic rings. The fraction of sp³-hybridized carbons (Fsp3) is 0.857. The van der Waals surface area contributed by atoms with Gasteiger partial charge in [-0.05, 0) is 5.92 Å². The average Bonchev–Trinajstić information content (AvgIpc) is 2.06. The van der Waals surface area contributed by atoms with Gasteiger partial charge in [-0.25, -0.2) is 0 Å². The van der Waals surface area contributed by atoms with Crippen molar-refractivity contribution in [3.05, 3.63) is 0 Å². The van der Waals surface area contributed by atoms with Crippen LogP contribution in [0.3, 0.4) is 0 Å². The van der Waals surface area contributed by atoms with Gasteiger partial charge in [0, 0.05) is 19.8 Å². The van der Waals surface area contributed by atoms with Gasteiger partial charge in [0.15, 0.2) is 0 Å². The van der Waals surface area contributed by atoms with Crippen molar-refractivity contribution < 1.29 is 9.53 Å². The van der Waals surface area contributed by atoms with Crippen LogP contribution in [0, 0.1) is 5.92 Å². The largest absolute Gasteiger partial charge is 0.469 e. The van der Waals surface area contributed by atoms with E-state index in [0.29, 0.717) is 12.3 Å². The minimum atomic E-state index is -0.125. The van der Waals surface area contributed by atoms with Gasteiger partial charge in [-0.2, -0.15) is 0 Å². The SMILES string of the molecule is COC(=O)CC1CNCNC1. The lowest BCUT2D eigenvalue weighted by atomic mass is 10.1. The van der Waals surface area contributed by atoms with Crippen LogP contribution in [0.25, 0.3) is 0 Å². The van der Waals surface area contributed by atoms with Crippen molar-refractivity contribution in [1.82, 2.24) is 10.6 Å². The molecule has 0 aromatic carbocycles. The lowest BCUT2D eigenvalue weighted by molar-refractivity contribution is -0.141. The molecule has 0 aromatic heterocycles. The van der Waals surface area contributed by atoms with Crippen LogP contribution in [-0.4, -0.2) is 32.8 Å². The summed E-state index contributed by atoms with van der Waals surface area (Å²) in [6, 6.07) is 0. The number of carbonyl (C=O) groups is 1. The van der Waals surface area contributed by atoms with Gasteiger partial charge in [-0.15, -0.1) is 0 Å². The molecule has 0 amide bonds. The molecule has 64 valence electrons. The molecule has 0 unspecified atom stereocenters. The highest BCUT2D eigenvalue weighted by Gasteiger charge is 2.15. The van der Waals surface area contributed by atoms with Crippen LogP contribution in [-0.2, 0) is 9.53 Å². The first-order valence-electron chi connectivity index (χ1n) is 3.81. The molecule has 0 aliphatic carbocycles. The molecule has 1 aliphatic heterocycles. The third-order valence-corrected chi connectivity index (χ3v) is 1.80. The third kappa shape index (κ3) is 2.86. The summed E-state index contributed by atoms with van der Waals surface area (Å²) in [5.74, 6) is 0.261. The van der Waals surface area contributed by atoms with E-state index in [1.807, 2.05) is 0 Å². The van der Waals surface area contributed by atoms with Crippen LogP contribution >= 0.6 is 0 Å². The van der Waals surface area contributed by atoms with E-state index in [-0.39, 0.29) is 5.97 Å². The lowest BCUT2D eigenvalue weighted by Crippen LogP contribution is -2.44. The van der Waals surface area contributed by atoms with Crippen molar-refractivity contribution >= 4 is 5.97 Å². The quantitative estimate of drug-likeness (QED) is 0.523. The van der Waals surface area contributed by atoms with Gasteiger partial charge in [0.25, 0.3) is 0 Å². The number of ether oxygens (including phenoxy) is 1. The Morgan fingerprint density at radius 2 is 2.18 bits per heavy atom. The van der Waals surface area contributed by atoms with E-state index in [0.717, 1.165) is 19.8 Å². The highest BCUT2D eigenvalue weighted by atomic mass is 16.5. The molecule has 0 atom stereocenters. The van der Waals surface area contributed by atoms with Gasteiger partial charge in [-0.3, -0.25) is 4.79 Å². The van der Waals surface area contributed by atoms with E-state index in [1.54, 1.807) is 0 Å². The summed E-state index contributed by atoms with van der Waals surface area (Å²) in [6.07, 6.45) is 0.510. The first kappa shape index (κ1) is 8.49. The second kappa shape index (κ2) is 4.31. The topological polar surface area (TPSA) is 50.4 Å². The Balaban J connectivity index is 2.19. The van der Waals surface area contributed by atoms with E-state index in [1.165, 1.54) is 7.11 Å². The van der Waals surface area contributed by atoms with Crippen LogP contribution in [0.5, 0.6) is 0 Å². The lowest BCUT2D eigenvalue weighted by Gasteiger charge is -2.22. The van der Waals surface area contributed by atoms with Gasteiger partial charge in [-0.1, -0.05) is 0 Å². The molecule has 1 rings (SSSR count). The standard InChI is InChI=1S/C7H14N2O2/c1-11-7(10)2-6-3-8-5-9-4-6/h6,8-9H,2-5H2,1H3. The Labute approximate surface area is 66.3 Å². The number of methoxy groups -OCH3 is 1. The Morgan fingerprint density at radius 3 is 2.73 bits per heavy atom. The number of hydrogen-bond donors (Lipinski definition) is 2. The van der Waals surface area contributed by atoms with Crippen LogP contribution in [0.15, 0.2) is 0 Å². The average molecular weight is 158 g/mol. The molecule has 4 heteroatoms. The Bertz CT molecular complexity index is 132. The first-order valence-corrected chi connectivity index (χ1v) is 3.81. The van der Waals surface area contributed by atoms with E-state index >= 15 is 0 Å². The van der Waals surface area contributed by atoms with Crippen LogP contribution < -0.4 is 10.6 Å². The molecule has 4 nitrogen and oxygen atoms in total. The predicted octanol–water partition coefficient (Wildman–Crippen LogP) is -0.684. The maximum atomic E-state index is 10.8. The molecule has 0 spiro atoms. The molecule has 1 fully saturated rings. The normalized spacial score (nSPS) is 19.7. The molecule has 0 bridgehead atoms. The number of carbonyl (C=O) groups excluding carboxylic acids is 1. The van der Waals surface area contributed by atoms with E-state index in [2.05, 4.69) is 15.4 Å². The molecular formula is C7H14N2O2. The Morgan fingerprint density at radius 1 is 1.55 bits per heavy atom. The number of esters is 1. The summed E-state index contributed by atoms with van der Waals surface area (Å²) in [4.78, 5) is 10.8. The summed E-state index contributed by atoms with van der Waals surface area (Å²) in [7, 11) is 1.42. The number of nitrogens with one attached hydrogen (secondary N) is 2. The van der Waals surface area contributed by atoms with Crippen molar-refractivity contribution in [2.45, 2.75) is 6.42 Å². The van der Waals surface area contributed by atoms with Crippen molar-refractivity contribution in [3.63, 3.8) is 0 Å². The van der Waals surface area contributed by atoms with Crippen molar-refractivity contribution in [2.75, 3.05) is 26.9 Å². The zero-order valence-corrected chi connectivity index (χ0v) is 6.72. The fourth-order valence-corrected chi connectivity index (χ4v) is 1.18. The van der Waals surface area contributed by atoms with Crippen molar-refractivity contribution in [2.24, 2.45) is 5.92 Å². The van der Waals surface area contributed by atoms with Gasteiger partial charge < -0.3 is 15.4 Å². The van der Waals surface area contributed by atoms with Crippen LogP contribution in [0.2, 0.25) is 0 Å². The molecule has 0 radical (unpaired) electrons. The van der Waals surface area contributed by atoms with Crippen molar-refractivity contribution in [1.29, 1.82) is 0 Å². The summed E-state index contributed by atoms with van der Waals surface area (Å²) < 4.78 is 4.56. The molecule has 1 saturated heterocycles. The third-order valence-electron chi connectivity index (χ3n) is 1.80. The summed E-state index contributed by atoms with van der Waals surface area (Å²) in [6.45, 7) is 2.65. The Hall–Kier alpha value is -0.610. The smallest absolute Gasteiger partial charge is 0.305 e. The second-order valence-corrected chi connectivity index (χ2v) is 2.73. The first-order chi connectivity index (χ1) is 5.33. The molecule has 1 aliphatic rings. The fourth-order valence-electron chi connectivity index (χ4n) is 1.18.